The Balaban J connectivity index is 0.00000149. The number of nitrogens with two attached hydrogens (primary N) is 1. The van der Waals surface area contributed by atoms with Crippen molar-refractivity contribution in [2.24, 2.45) is 5.73 Å². The summed E-state index contributed by atoms with van der Waals surface area (Å²) in [6.45, 7) is 7.36. The normalized spacial score (nSPS) is 10.8. The number of aryl methyl sites for hydroxylation is 1. The molecule has 0 aliphatic carbocycles. The van der Waals surface area contributed by atoms with E-state index >= 15 is 0 Å². The van der Waals surface area contributed by atoms with Gasteiger partial charge < -0.3 is 20.7 Å². The molecular weight excluding hydrogens is 414 g/mol. The zero-order valence-corrected chi connectivity index (χ0v) is 19.9. The number of pyridine rings is 1. The Morgan fingerprint density at radius 2 is 1.79 bits per heavy atom. The molecule has 0 aliphatic rings. The van der Waals surface area contributed by atoms with E-state index in [1.165, 1.54) is 0 Å². The molecule has 33 heavy (non-hydrogen) atoms. The van der Waals surface area contributed by atoms with E-state index in [4.69, 9.17) is 10.7 Å². The van der Waals surface area contributed by atoms with Crippen LogP contribution in [0.15, 0.2) is 42.5 Å². The summed E-state index contributed by atoms with van der Waals surface area (Å²) in [6.07, 6.45) is 2.98. The first-order chi connectivity index (χ1) is 16.0. The van der Waals surface area contributed by atoms with Crippen LogP contribution in [-0.2, 0) is 19.5 Å². The van der Waals surface area contributed by atoms with Crippen molar-refractivity contribution in [3.05, 3.63) is 65.0 Å². The molecule has 0 aliphatic heterocycles. The van der Waals surface area contributed by atoms with Crippen molar-refractivity contribution in [1.82, 2.24) is 14.5 Å². The van der Waals surface area contributed by atoms with Crippen LogP contribution in [0.2, 0.25) is 0 Å². The summed E-state index contributed by atoms with van der Waals surface area (Å²) in [7, 11) is 1.81. The highest BCUT2D eigenvalue weighted by Crippen LogP contribution is 2.31. The first kappa shape index (κ1) is 24.2. The highest BCUT2D eigenvalue weighted by molar-refractivity contribution is 6.08. The van der Waals surface area contributed by atoms with Gasteiger partial charge in [-0.2, -0.15) is 0 Å². The van der Waals surface area contributed by atoms with Gasteiger partial charge in [-0.3, -0.25) is 0 Å². The summed E-state index contributed by atoms with van der Waals surface area (Å²) in [5.74, 6) is 0.694. The third kappa shape index (κ3) is 4.98. The van der Waals surface area contributed by atoms with E-state index in [0.717, 1.165) is 52.6 Å². The van der Waals surface area contributed by atoms with E-state index in [-0.39, 0.29) is 5.56 Å². The lowest BCUT2D eigenvalue weighted by Crippen LogP contribution is -2.06. The van der Waals surface area contributed by atoms with Crippen molar-refractivity contribution < 1.29 is 9.90 Å². The minimum absolute atomic E-state index is 0.219. The molecule has 0 saturated heterocycles. The number of fused-ring (bicyclic) bond motifs is 3. The van der Waals surface area contributed by atoms with Crippen molar-refractivity contribution in [2.45, 2.75) is 53.1 Å². The third-order valence-corrected chi connectivity index (χ3v) is 5.59. The van der Waals surface area contributed by atoms with Gasteiger partial charge in [0.05, 0.1) is 16.6 Å². The van der Waals surface area contributed by atoms with E-state index in [1.54, 1.807) is 12.1 Å². The number of carbonyl (C=O) groups is 1. The molecule has 7 nitrogen and oxygen atoms in total. The Bertz CT molecular complexity index is 1250. The van der Waals surface area contributed by atoms with E-state index in [2.05, 4.69) is 46.1 Å². The van der Waals surface area contributed by atoms with Gasteiger partial charge in [0, 0.05) is 31.9 Å². The highest BCUT2D eigenvalue weighted by atomic mass is 16.4. The number of aromatic nitrogens is 3. The maximum atomic E-state index is 11.5. The number of nitrogens with one attached hydrogen (secondary N) is 1. The molecule has 7 heteroatoms. The van der Waals surface area contributed by atoms with Crippen LogP contribution >= 0.6 is 0 Å². The molecule has 174 valence electrons. The van der Waals surface area contributed by atoms with Gasteiger partial charge in [-0.05, 0) is 35.7 Å². The Morgan fingerprint density at radius 3 is 2.39 bits per heavy atom. The number of rotatable bonds is 8. The third-order valence-electron chi connectivity index (χ3n) is 5.59. The second-order valence-corrected chi connectivity index (χ2v) is 7.68. The minimum atomic E-state index is -0.966. The molecule has 2 aromatic heterocycles. The number of imidazole rings is 1. The lowest BCUT2D eigenvalue weighted by atomic mass is 10.1. The largest absolute Gasteiger partial charge is 0.478 e. The van der Waals surface area contributed by atoms with Gasteiger partial charge in [0.1, 0.15) is 11.3 Å². The molecule has 0 amide bonds. The fourth-order valence-corrected chi connectivity index (χ4v) is 3.90. The molecule has 0 radical (unpaired) electrons. The number of benzene rings is 2. The first-order valence-electron chi connectivity index (χ1n) is 11.6. The van der Waals surface area contributed by atoms with E-state index < -0.39 is 5.97 Å². The van der Waals surface area contributed by atoms with E-state index in [1.807, 2.05) is 27.0 Å². The number of aromatic carboxylic acids is 1. The van der Waals surface area contributed by atoms with Crippen LogP contribution in [0.4, 0.5) is 5.82 Å². The zero-order valence-electron chi connectivity index (χ0n) is 19.9. The van der Waals surface area contributed by atoms with Crippen LogP contribution in [0.25, 0.3) is 21.9 Å². The molecule has 2 heterocycles. The zero-order chi connectivity index (χ0) is 24.0. The molecule has 0 saturated carbocycles. The Hall–Kier alpha value is -3.45. The van der Waals surface area contributed by atoms with Crippen LogP contribution in [0.5, 0.6) is 0 Å². The average molecular weight is 448 g/mol. The molecule has 0 atom stereocenters. The van der Waals surface area contributed by atoms with Crippen molar-refractivity contribution in [2.75, 3.05) is 12.4 Å². The molecular formula is C26H33N5O2. The van der Waals surface area contributed by atoms with Crippen LogP contribution in [0, 0.1) is 0 Å². The summed E-state index contributed by atoms with van der Waals surface area (Å²) in [4.78, 5) is 21.1. The minimum Gasteiger partial charge on any atom is -0.478 e. The predicted molar refractivity (Wildman–Crippen MR) is 135 cm³/mol. The molecule has 2 aromatic carbocycles. The quantitative estimate of drug-likeness (QED) is 0.343. The smallest absolute Gasteiger partial charge is 0.335 e. The number of carboxylic acid groups (broad SMARTS) is 1. The maximum Gasteiger partial charge on any atom is 0.335 e. The molecule has 0 unspecified atom stereocenters. The lowest BCUT2D eigenvalue weighted by molar-refractivity contribution is 0.0697. The van der Waals surface area contributed by atoms with Gasteiger partial charge in [0.25, 0.3) is 0 Å². The fourth-order valence-electron chi connectivity index (χ4n) is 3.90. The summed E-state index contributed by atoms with van der Waals surface area (Å²) in [6, 6.07) is 13.4. The fraction of sp³-hybridized carbons (Fsp3) is 0.346. The van der Waals surface area contributed by atoms with Gasteiger partial charge in [-0.25, -0.2) is 14.8 Å². The average Bonchev–Trinajstić information content (AvgIpc) is 3.21. The number of anilines is 1. The Morgan fingerprint density at radius 1 is 1.09 bits per heavy atom. The Labute approximate surface area is 194 Å². The number of hydrogen-bond donors (Lipinski definition) is 3. The van der Waals surface area contributed by atoms with Crippen LogP contribution in [-0.4, -0.2) is 32.7 Å². The molecule has 0 bridgehead atoms. The molecule has 4 N–H and O–H groups in total. The molecule has 4 rings (SSSR count). The van der Waals surface area contributed by atoms with Crippen LogP contribution < -0.4 is 11.1 Å². The number of nitrogens with zero attached hydrogens (tertiary/aromatic N) is 3. The van der Waals surface area contributed by atoms with Gasteiger partial charge in [-0.1, -0.05) is 51.5 Å². The monoisotopic (exact) mass is 447 g/mol. The predicted octanol–water partition coefficient (Wildman–Crippen LogP) is 5.20. The Kier molecular flexibility index (Phi) is 8.01. The van der Waals surface area contributed by atoms with Crippen molar-refractivity contribution in [1.29, 1.82) is 0 Å². The topological polar surface area (TPSA) is 106 Å². The number of hydrogen-bond acceptors (Lipinski definition) is 5. The maximum absolute atomic E-state index is 11.5. The van der Waals surface area contributed by atoms with Gasteiger partial charge in [0.2, 0.25) is 0 Å². The summed E-state index contributed by atoms with van der Waals surface area (Å²) >= 11 is 0. The van der Waals surface area contributed by atoms with Crippen molar-refractivity contribution >= 4 is 33.7 Å². The van der Waals surface area contributed by atoms with Gasteiger partial charge in [0.15, 0.2) is 5.82 Å². The van der Waals surface area contributed by atoms with Gasteiger partial charge >= 0.3 is 5.97 Å². The van der Waals surface area contributed by atoms with Gasteiger partial charge in [-0.15, -0.1) is 0 Å². The number of unbranched alkanes of at least 4 members (excludes halogenated alkanes) is 1. The second kappa shape index (κ2) is 10.9. The molecule has 0 fully saturated rings. The number of carboxylic acids is 1. The summed E-state index contributed by atoms with van der Waals surface area (Å²) < 4.78 is 2.24. The lowest BCUT2D eigenvalue weighted by Gasteiger charge is -2.12. The second-order valence-electron chi connectivity index (χ2n) is 7.68. The SMILES string of the molecule is CC.CCCCc1nc2c(NC)nc3cc(C(=O)O)ccc3c2n1Cc1ccc(CN)cc1. The first-order valence-corrected chi connectivity index (χ1v) is 11.6. The standard InChI is InChI=1S/C24H27N5O2.C2H6/c1-3-4-5-20-28-21-22(29(20)14-16-8-6-15(13-25)7-9-16)18-11-10-17(24(30)31)12-19(18)27-23(21)26-2;1-2/h6-12H,3-5,13-14,25H2,1-2H3,(H,26,27)(H,30,31);1-2H3. The van der Waals surface area contributed by atoms with Crippen molar-refractivity contribution in [3.63, 3.8) is 0 Å². The van der Waals surface area contributed by atoms with E-state index in [0.29, 0.717) is 24.4 Å². The highest BCUT2D eigenvalue weighted by Gasteiger charge is 2.19. The molecule has 4 aromatic rings. The summed E-state index contributed by atoms with van der Waals surface area (Å²) in [5, 5.41) is 13.4. The van der Waals surface area contributed by atoms with Crippen LogP contribution in [0.3, 0.4) is 0 Å². The van der Waals surface area contributed by atoms with Crippen molar-refractivity contribution in [3.8, 4) is 0 Å². The summed E-state index contributed by atoms with van der Waals surface area (Å²) in [5.41, 5.74) is 10.6. The van der Waals surface area contributed by atoms with Crippen LogP contribution in [0.1, 0.15) is 60.9 Å². The molecule has 0 spiro atoms. The van der Waals surface area contributed by atoms with E-state index in [9.17, 15) is 9.90 Å².